The van der Waals surface area contributed by atoms with Gasteiger partial charge in [-0.1, -0.05) is 18.8 Å². The number of sulfonamides is 1. The second-order valence-electron chi connectivity index (χ2n) is 11.6. The van der Waals surface area contributed by atoms with E-state index in [4.69, 9.17) is 0 Å². The predicted octanol–water partition coefficient (Wildman–Crippen LogP) is 5.25. The van der Waals surface area contributed by atoms with Crippen LogP contribution in [0.1, 0.15) is 80.8 Å². The number of pyridine rings is 1. The molecular weight excluding hydrogens is 534 g/mol. The number of nitrogens with zero attached hydrogens (tertiary/aromatic N) is 3. The third-order valence-corrected chi connectivity index (χ3v) is 10.3. The minimum atomic E-state index is -3.70. The molecule has 1 saturated carbocycles. The summed E-state index contributed by atoms with van der Waals surface area (Å²) in [7, 11) is -3.70. The van der Waals surface area contributed by atoms with Crippen LogP contribution in [0.3, 0.4) is 0 Å². The molecule has 2 fully saturated rings. The van der Waals surface area contributed by atoms with Crippen molar-refractivity contribution in [3.63, 3.8) is 0 Å². The fraction of sp³-hybridized carbons (Fsp3) is 0.552. The Kier molecular flexibility index (Phi) is 8.84. The molecule has 8 nitrogen and oxygen atoms in total. The minimum absolute atomic E-state index is 0.0638. The van der Waals surface area contributed by atoms with Gasteiger partial charge in [0, 0.05) is 42.9 Å². The summed E-state index contributed by atoms with van der Waals surface area (Å²) in [5.41, 5.74) is 0.122. The summed E-state index contributed by atoms with van der Waals surface area (Å²) in [5.74, 6) is 5.49. The van der Waals surface area contributed by atoms with E-state index in [2.05, 4.69) is 23.7 Å². The maximum absolute atomic E-state index is 14.1. The average molecular weight is 572 g/mol. The summed E-state index contributed by atoms with van der Waals surface area (Å²) in [6, 6.07) is 4.54. The van der Waals surface area contributed by atoms with E-state index in [9.17, 15) is 23.1 Å². The van der Waals surface area contributed by atoms with Crippen LogP contribution >= 0.6 is 11.3 Å². The maximum Gasteiger partial charge on any atom is 0.348 e. The minimum Gasteiger partial charge on any atom is -0.477 e. The standard InChI is InChI=1S/C29H37N3O5S2/c1-20-7-9-21(10-8-20)27(33)32(25-18-23(11-14-29(2,3)4)38-26(25)28(34)35)22-12-16-31(17-13-22)39(36,37)24-6-5-15-30-19-24/h5-6,15,18-22H,7-10,12-13,16-17H2,1-4H3,(H,34,35)/t20-,21-. The van der Waals surface area contributed by atoms with Crippen molar-refractivity contribution in [2.24, 2.45) is 17.3 Å². The number of anilines is 1. The van der Waals surface area contributed by atoms with E-state index in [0.717, 1.165) is 37.0 Å². The van der Waals surface area contributed by atoms with Crippen LogP contribution in [0.5, 0.6) is 0 Å². The monoisotopic (exact) mass is 571 g/mol. The highest BCUT2D eigenvalue weighted by molar-refractivity contribution is 7.89. The van der Waals surface area contributed by atoms with Crippen molar-refractivity contribution in [2.75, 3.05) is 18.0 Å². The van der Waals surface area contributed by atoms with Crippen molar-refractivity contribution in [1.29, 1.82) is 0 Å². The lowest BCUT2D eigenvalue weighted by molar-refractivity contribution is -0.124. The van der Waals surface area contributed by atoms with Gasteiger partial charge in [0.15, 0.2) is 0 Å². The summed E-state index contributed by atoms with van der Waals surface area (Å²) >= 11 is 1.09. The molecule has 1 aliphatic heterocycles. The Balaban J connectivity index is 1.66. The number of hydrogen-bond donors (Lipinski definition) is 1. The largest absolute Gasteiger partial charge is 0.477 e. The molecular formula is C29H37N3O5S2. The lowest BCUT2D eigenvalue weighted by Gasteiger charge is -2.40. The van der Waals surface area contributed by atoms with E-state index in [-0.39, 0.29) is 46.1 Å². The van der Waals surface area contributed by atoms with Gasteiger partial charge in [-0.2, -0.15) is 4.31 Å². The molecule has 1 aliphatic carbocycles. The van der Waals surface area contributed by atoms with Gasteiger partial charge >= 0.3 is 5.97 Å². The number of hydrogen-bond acceptors (Lipinski definition) is 6. The summed E-state index contributed by atoms with van der Waals surface area (Å²) < 4.78 is 27.7. The van der Waals surface area contributed by atoms with E-state index < -0.39 is 16.0 Å². The molecule has 2 aliphatic rings. The van der Waals surface area contributed by atoms with Crippen LogP contribution in [0, 0.1) is 29.1 Å². The molecule has 2 aromatic heterocycles. The molecule has 2 aromatic rings. The summed E-state index contributed by atoms with van der Waals surface area (Å²) in [4.78, 5) is 32.9. The van der Waals surface area contributed by atoms with Crippen LogP contribution in [0.2, 0.25) is 0 Å². The van der Waals surface area contributed by atoms with Crippen molar-refractivity contribution in [3.05, 3.63) is 40.3 Å². The molecule has 1 saturated heterocycles. The van der Waals surface area contributed by atoms with Gasteiger partial charge in [-0.15, -0.1) is 11.3 Å². The number of carboxylic acid groups (broad SMARTS) is 1. The van der Waals surface area contributed by atoms with Crippen LogP contribution in [0.25, 0.3) is 0 Å². The van der Waals surface area contributed by atoms with E-state index in [1.54, 1.807) is 17.0 Å². The number of aromatic nitrogens is 1. The molecule has 1 N–H and O–H groups in total. The molecule has 10 heteroatoms. The molecule has 0 atom stereocenters. The Bertz CT molecular complexity index is 1350. The van der Waals surface area contributed by atoms with Crippen LogP contribution < -0.4 is 4.90 Å². The summed E-state index contributed by atoms with van der Waals surface area (Å²) in [5, 5.41) is 10.1. The topological polar surface area (TPSA) is 108 Å². The first kappa shape index (κ1) is 29.2. The Labute approximate surface area is 235 Å². The van der Waals surface area contributed by atoms with E-state index in [1.165, 1.54) is 22.8 Å². The van der Waals surface area contributed by atoms with Crippen LogP contribution in [0.4, 0.5) is 5.69 Å². The zero-order valence-electron chi connectivity index (χ0n) is 23.0. The van der Waals surface area contributed by atoms with Crippen LogP contribution in [-0.2, 0) is 14.8 Å². The zero-order valence-corrected chi connectivity index (χ0v) is 24.6. The molecule has 0 aromatic carbocycles. The number of carbonyl (C=O) groups excluding carboxylic acids is 1. The third-order valence-electron chi connectivity index (χ3n) is 7.39. The normalized spacial score (nSPS) is 21.1. The first-order valence-corrected chi connectivity index (χ1v) is 15.8. The Morgan fingerprint density at radius 2 is 1.79 bits per heavy atom. The molecule has 0 bridgehead atoms. The van der Waals surface area contributed by atoms with Crippen molar-refractivity contribution in [3.8, 4) is 11.8 Å². The molecule has 3 heterocycles. The molecule has 1 amide bonds. The highest BCUT2D eigenvalue weighted by Gasteiger charge is 2.39. The number of amides is 1. The highest BCUT2D eigenvalue weighted by atomic mass is 32.2. The molecule has 0 spiro atoms. The quantitative estimate of drug-likeness (QED) is 0.475. The molecule has 4 rings (SSSR count). The third kappa shape index (κ3) is 6.89. The lowest BCUT2D eigenvalue weighted by Crippen LogP contribution is -2.51. The van der Waals surface area contributed by atoms with E-state index >= 15 is 0 Å². The van der Waals surface area contributed by atoms with Gasteiger partial charge in [0.2, 0.25) is 15.9 Å². The number of carbonyl (C=O) groups is 2. The first-order chi connectivity index (χ1) is 18.4. The number of thiophene rings is 1. The van der Waals surface area contributed by atoms with Crippen molar-refractivity contribution < 1.29 is 23.1 Å². The maximum atomic E-state index is 14.1. The average Bonchev–Trinajstić information content (AvgIpc) is 3.33. The summed E-state index contributed by atoms with van der Waals surface area (Å²) in [6.45, 7) is 8.62. The van der Waals surface area contributed by atoms with Crippen molar-refractivity contribution in [2.45, 2.75) is 77.2 Å². The fourth-order valence-corrected chi connectivity index (χ4v) is 7.49. The number of piperidine rings is 1. The molecule has 0 unspecified atom stereocenters. The van der Waals surface area contributed by atoms with Gasteiger partial charge in [-0.25, -0.2) is 13.2 Å². The summed E-state index contributed by atoms with van der Waals surface area (Å²) in [6.07, 6.45) is 7.15. The predicted molar refractivity (Wildman–Crippen MR) is 152 cm³/mol. The zero-order chi connectivity index (χ0) is 28.4. The Morgan fingerprint density at radius 3 is 2.36 bits per heavy atom. The van der Waals surface area contributed by atoms with Gasteiger partial charge < -0.3 is 10.0 Å². The van der Waals surface area contributed by atoms with Gasteiger partial charge in [0.25, 0.3) is 0 Å². The van der Waals surface area contributed by atoms with Gasteiger partial charge in [0.1, 0.15) is 9.77 Å². The van der Waals surface area contributed by atoms with Gasteiger partial charge in [-0.05, 0) is 83.4 Å². The second-order valence-corrected chi connectivity index (χ2v) is 14.6. The van der Waals surface area contributed by atoms with E-state index in [0.29, 0.717) is 29.3 Å². The highest BCUT2D eigenvalue weighted by Crippen LogP contribution is 2.38. The van der Waals surface area contributed by atoms with Crippen LogP contribution in [-0.4, -0.2) is 53.8 Å². The van der Waals surface area contributed by atoms with Crippen LogP contribution in [0.15, 0.2) is 35.5 Å². The number of rotatable bonds is 6. The SMILES string of the molecule is CC(C)(C)C#Cc1cc(N(C(=O)[C@H]2CC[C@H](C)CC2)C2CCN(S(=O)(=O)c3cccnc3)CC2)c(C(=O)O)s1. The smallest absolute Gasteiger partial charge is 0.348 e. The second kappa shape index (κ2) is 11.8. The fourth-order valence-electron chi connectivity index (χ4n) is 5.21. The van der Waals surface area contributed by atoms with Gasteiger partial charge in [-0.3, -0.25) is 9.78 Å². The first-order valence-electron chi connectivity index (χ1n) is 13.5. The number of aromatic carboxylic acids is 1. The number of carboxylic acids is 1. The lowest BCUT2D eigenvalue weighted by atomic mass is 9.82. The molecule has 39 heavy (non-hydrogen) atoms. The van der Waals surface area contributed by atoms with Gasteiger partial charge in [0.05, 0.1) is 10.6 Å². The molecule has 210 valence electrons. The Hall–Kier alpha value is -2.74. The van der Waals surface area contributed by atoms with E-state index in [1.807, 2.05) is 20.8 Å². The Morgan fingerprint density at radius 1 is 1.13 bits per heavy atom. The van der Waals surface area contributed by atoms with Crippen molar-refractivity contribution in [1.82, 2.24) is 9.29 Å². The molecule has 0 radical (unpaired) electrons. The van der Waals surface area contributed by atoms with Crippen molar-refractivity contribution >= 4 is 38.9 Å².